The van der Waals surface area contributed by atoms with E-state index in [-0.39, 0.29) is 0 Å². The first-order valence-corrected chi connectivity index (χ1v) is 7.25. The summed E-state index contributed by atoms with van der Waals surface area (Å²) >= 11 is 6.15. The third-order valence-electron chi connectivity index (χ3n) is 4.50. The molecule has 3 heteroatoms. The third-order valence-corrected chi connectivity index (χ3v) is 4.73. The lowest BCUT2D eigenvalue weighted by molar-refractivity contribution is 0.0160. The van der Waals surface area contributed by atoms with Gasteiger partial charge in [-0.2, -0.15) is 0 Å². The molecule has 2 aromatic rings. The average Bonchev–Trinajstić information content (AvgIpc) is 2.58. The van der Waals surface area contributed by atoms with Crippen molar-refractivity contribution in [2.24, 2.45) is 0 Å². The Morgan fingerprint density at radius 1 is 1.26 bits per heavy atom. The molecule has 1 aliphatic heterocycles. The Morgan fingerprint density at radius 3 is 3.05 bits per heavy atom. The maximum atomic E-state index is 11.0. The summed E-state index contributed by atoms with van der Waals surface area (Å²) in [6.45, 7) is 0.843. The second kappa shape index (κ2) is 3.87. The van der Waals surface area contributed by atoms with Gasteiger partial charge >= 0.3 is 0 Å². The van der Waals surface area contributed by atoms with E-state index >= 15 is 0 Å². The number of allylic oxidation sites excluding steroid dienone is 1. The largest absolute Gasteiger partial charge is 0.383 e. The van der Waals surface area contributed by atoms with Crippen LogP contribution < -0.4 is 0 Å². The highest BCUT2D eigenvalue weighted by molar-refractivity contribution is 6.31. The molecule has 2 aliphatic rings. The lowest BCUT2D eigenvalue weighted by Crippen LogP contribution is -2.31. The molecule has 1 aliphatic carbocycles. The summed E-state index contributed by atoms with van der Waals surface area (Å²) in [6, 6.07) is 6.06. The van der Waals surface area contributed by atoms with Gasteiger partial charge in [0.25, 0.3) is 0 Å². The van der Waals surface area contributed by atoms with Crippen molar-refractivity contribution in [2.75, 3.05) is 0 Å². The van der Waals surface area contributed by atoms with E-state index in [0.29, 0.717) is 0 Å². The molecule has 1 N–H and O–H groups in total. The molecular formula is C16H16ClNO. The van der Waals surface area contributed by atoms with Gasteiger partial charge < -0.3 is 9.67 Å². The van der Waals surface area contributed by atoms with Crippen molar-refractivity contribution >= 4 is 22.5 Å². The normalized spacial score (nSPS) is 25.4. The van der Waals surface area contributed by atoms with Crippen molar-refractivity contribution in [3.8, 4) is 0 Å². The van der Waals surface area contributed by atoms with Gasteiger partial charge in [0.2, 0.25) is 0 Å². The smallest absolute Gasteiger partial charge is 0.108 e. The van der Waals surface area contributed by atoms with Gasteiger partial charge in [-0.15, -0.1) is 0 Å². The number of rotatable bonds is 0. The fraction of sp³-hybridized carbons (Fsp3) is 0.375. The van der Waals surface area contributed by atoms with Gasteiger partial charge in [-0.1, -0.05) is 23.8 Å². The van der Waals surface area contributed by atoms with Gasteiger partial charge in [-0.25, -0.2) is 0 Å². The van der Waals surface area contributed by atoms with E-state index in [4.69, 9.17) is 11.6 Å². The quantitative estimate of drug-likeness (QED) is 0.726. The molecule has 0 saturated carbocycles. The van der Waals surface area contributed by atoms with E-state index in [1.54, 1.807) is 0 Å². The topological polar surface area (TPSA) is 25.2 Å². The summed E-state index contributed by atoms with van der Waals surface area (Å²) in [4.78, 5) is 0. The van der Waals surface area contributed by atoms with Crippen LogP contribution in [0.25, 0.3) is 10.9 Å². The average molecular weight is 274 g/mol. The molecule has 1 aromatic carbocycles. The summed E-state index contributed by atoms with van der Waals surface area (Å²) in [5.41, 5.74) is 2.93. The van der Waals surface area contributed by atoms with Crippen LogP contribution in [0.15, 0.2) is 30.4 Å². The minimum atomic E-state index is -0.688. The summed E-state index contributed by atoms with van der Waals surface area (Å²) in [7, 11) is 0. The number of fused-ring (bicyclic) bond motifs is 3. The molecule has 1 aromatic heterocycles. The zero-order valence-electron chi connectivity index (χ0n) is 10.7. The van der Waals surface area contributed by atoms with E-state index < -0.39 is 5.60 Å². The summed E-state index contributed by atoms with van der Waals surface area (Å²) in [5, 5.41) is 13.0. The van der Waals surface area contributed by atoms with Crippen LogP contribution in [0, 0.1) is 0 Å². The fourth-order valence-electron chi connectivity index (χ4n) is 3.70. The van der Waals surface area contributed by atoms with Crippen molar-refractivity contribution in [3.05, 3.63) is 46.6 Å². The molecule has 0 saturated heterocycles. The monoisotopic (exact) mass is 273 g/mol. The molecule has 0 unspecified atom stereocenters. The van der Waals surface area contributed by atoms with Crippen LogP contribution in [0.2, 0.25) is 5.02 Å². The molecule has 98 valence electrons. The molecular weight excluding hydrogens is 258 g/mol. The van der Waals surface area contributed by atoms with E-state index in [2.05, 4.69) is 22.8 Å². The standard InChI is InChI=1S/C16H16ClNO/c17-11-5-6-14-13(10-11)12-4-3-8-16(19)7-1-2-9-18(14)15(12)16/h1-2,5-6,10,19H,3-4,7-9H2/t16-/m1/s1. The first-order chi connectivity index (χ1) is 9.19. The minimum Gasteiger partial charge on any atom is -0.383 e. The first kappa shape index (κ1) is 11.6. The van der Waals surface area contributed by atoms with Crippen molar-refractivity contribution in [1.82, 2.24) is 4.57 Å². The number of halogens is 1. The fourth-order valence-corrected chi connectivity index (χ4v) is 3.88. The van der Waals surface area contributed by atoms with Crippen LogP contribution in [0.4, 0.5) is 0 Å². The third kappa shape index (κ3) is 1.53. The number of aromatic nitrogens is 1. The number of aryl methyl sites for hydroxylation is 1. The Hall–Kier alpha value is -1.25. The van der Waals surface area contributed by atoms with Gasteiger partial charge in [0.05, 0.1) is 5.69 Å². The molecule has 4 rings (SSSR count). The molecule has 1 atom stereocenters. The van der Waals surface area contributed by atoms with Crippen LogP contribution in [0.3, 0.4) is 0 Å². The van der Waals surface area contributed by atoms with Gasteiger partial charge in [-0.3, -0.25) is 0 Å². The van der Waals surface area contributed by atoms with Crippen LogP contribution in [-0.2, 0) is 18.6 Å². The van der Waals surface area contributed by atoms with Crippen molar-refractivity contribution in [2.45, 2.75) is 37.8 Å². The Bertz CT molecular complexity index is 700. The molecule has 0 amide bonds. The highest BCUT2D eigenvalue weighted by atomic mass is 35.5. The molecule has 19 heavy (non-hydrogen) atoms. The van der Waals surface area contributed by atoms with Crippen molar-refractivity contribution in [3.63, 3.8) is 0 Å². The predicted molar refractivity (Wildman–Crippen MR) is 77.5 cm³/mol. The van der Waals surface area contributed by atoms with Crippen LogP contribution in [0.1, 0.15) is 30.5 Å². The van der Waals surface area contributed by atoms with Crippen molar-refractivity contribution < 1.29 is 5.11 Å². The highest BCUT2D eigenvalue weighted by Gasteiger charge is 2.38. The van der Waals surface area contributed by atoms with E-state index in [1.165, 1.54) is 16.5 Å². The van der Waals surface area contributed by atoms with E-state index in [1.807, 2.05) is 12.1 Å². The number of aliphatic hydroxyl groups is 1. The van der Waals surface area contributed by atoms with E-state index in [0.717, 1.165) is 42.9 Å². The molecule has 0 fully saturated rings. The predicted octanol–water partition coefficient (Wildman–Crippen LogP) is 3.78. The van der Waals surface area contributed by atoms with Gasteiger partial charge in [0.1, 0.15) is 5.60 Å². The Labute approximate surface area is 117 Å². The lowest BCUT2D eigenvalue weighted by atomic mass is 9.81. The SMILES string of the molecule is O[C@@]12CC=CCn3c1c(c1cc(Cl)ccc13)CCC2. The van der Waals surface area contributed by atoms with E-state index in [9.17, 15) is 5.11 Å². The highest BCUT2D eigenvalue weighted by Crippen LogP contribution is 2.44. The van der Waals surface area contributed by atoms with Gasteiger partial charge in [-0.05, 0) is 49.4 Å². The van der Waals surface area contributed by atoms with Gasteiger partial charge in [0, 0.05) is 22.5 Å². The lowest BCUT2D eigenvalue weighted by Gasteiger charge is -2.32. The molecule has 2 nitrogen and oxygen atoms in total. The Kier molecular flexibility index (Phi) is 2.36. The maximum absolute atomic E-state index is 11.0. The molecule has 2 heterocycles. The van der Waals surface area contributed by atoms with Crippen LogP contribution in [-0.4, -0.2) is 9.67 Å². The van der Waals surface area contributed by atoms with Gasteiger partial charge in [0.15, 0.2) is 0 Å². The first-order valence-electron chi connectivity index (χ1n) is 6.87. The second-order valence-corrected chi connectivity index (χ2v) is 6.10. The minimum absolute atomic E-state index is 0.688. The Morgan fingerprint density at radius 2 is 2.16 bits per heavy atom. The zero-order chi connectivity index (χ0) is 13.0. The van der Waals surface area contributed by atoms with Crippen LogP contribution in [0.5, 0.6) is 0 Å². The Balaban J connectivity index is 2.14. The molecule has 0 spiro atoms. The molecule has 0 bridgehead atoms. The number of benzene rings is 1. The molecule has 0 radical (unpaired) electrons. The summed E-state index contributed by atoms with van der Waals surface area (Å²) in [5.74, 6) is 0. The zero-order valence-corrected chi connectivity index (χ0v) is 11.5. The maximum Gasteiger partial charge on any atom is 0.108 e. The number of hydrogen-bond donors (Lipinski definition) is 1. The second-order valence-electron chi connectivity index (χ2n) is 5.66. The van der Waals surface area contributed by atoms with Crippen LogP contribution >= 0.6 is 11.6 Å². The summed E-state index contributed by atoms with van der Waals surface area (Å²) in [6.07, 6.45) is 7.94. The summed E-state index contributed by atoms with van der Waals surface area (Å²) < 4.78 is 2.27. The van der Waals surface area contributed by atoms with Crippen molar-refractivity contribution in [1.29, 1.82) is 0 Å². The number of nitrogens with zero attached hydrogens (tertiary/aromatic N) is 1. The number of hydrogen-bond acceptors (Lipinski definition) is 1.